The van der Waals surface area contributed by atoms with Gasteiger partial charge >= 0.3 is 5.97 Å². The Hall–Kier alpha value is -4.93. The van der Waals surface area contributed by atoms with Gasteiger partial charge in [-0.05, 0) is 85.5 Å². The minimum Gasteiger partial charge on any atom is -0.497 e. The summed E-state index contributed by atoms with van der Waals surface area (Å²) in [5.41, 5.74) is 6.04. The fraction of sp³-hybridized carbons (Fsp3) is 0.342. The third-order valence-corrected chi connectivity index (χ3v) is 7.92. The second kappa shape index (κ2) is 15.3. The van der Waals surface area contributed by atoms with Crippen LogP contribution >= 0.6 is 0 Å². The largest absolute Gasteiger partial charge is 0.497 e. The SMILES string of the molecule is COc1cccc([C@@H]2OC(c3ccc(OCCCO)cc3)=N[C@]2(CCC(=O)OC(C)(C)C)C(=O)NNCc2cccc3ccccc23)c1. The van der Waals surface area contributed by atoms with E-state index in [1.165, 1.54) is 0 Å². The smallest absolute Gasteiger partial charge is 0.306 e. The molecule has 0 unspecified atom stereocenters. The van der Waals surface area contributed by atoms with Gasteiger partial charge in [-0.2, -0.15) is 0 Å². The summed E-state index contributed by atoms with van der Waals surface area (Å²) in [7, 11) is 1.57. The Morgan fingerprint density at radius 2 is 1.71 bits per heavy atom. The maximum atomic E-state index is 14.5. The van der Waals surface area contributed by atoms with Crippen LogP contribution < -0.4 is 20.3 Å². The van der Waals surface area contributed by atoms with Crippen molar-refractivity contribution in [1.82, 2.24) is 10.9 Å². The normalized spacial score (nSPS) is 17.4. The monoisotopic (exact) mass is 653 g/mol. The number of hydrazine groups is 1. The number of carbonyl (C=O) groups excluding carboxylic acids is 2. The zero-order valence-electron chi connectivity index (χ0n) is 27.8. The number of hydrogen-bond acceptors (Lipinski definition) is 9. The molecule has 10 nitrogen and oxygen atoms in total. The van der Waals surface area contributed by atoms with Crippen LogP contribution in [0.1, 0.15) is 62.8 Å². The van der Waals surface area contributed by atoms with Crippen molar-refractivity contribution in [2.45, 2.75) is 63.8 Å². The number of ether oxygens (including phenoxy) is 4. The molecule has 1 aliphatic rings. The number of carbonyl (C=O) groups is 2. The molecule has 0 fully saturated rings. The van der Waals surface area contributed by atoms with E-state index in [2.05, 4.69) is 10.9 Å². The van der Waals surface area contributed by atoms with Crippen molar-refractivity contribution in [1.29, 1.82) is 0 Å². The highest BCUT2D eigenvalue weighted by Gasteiger charge is 2.53. The van der Waals surface area contributed by atoms with Gasteiger partial charge in [-0.25, -0.2) is 10.4 Å². The van der Waals surface area contributed by atoms with Gasteiger partial charge in [-0.1, -0.05) is 54.6 Å². The van der Waals surface area contributed by atoms with Crippen LogP contribution in [0.15, 0.2) is 96.0 Å². The van der Waals surface area contributed by atoms with Crippen LogP contribution in [0, 0.1) is 0 Å². The Morgan fingerprint density at radius 1 is 0.958 bits per heavy atom. The van der Waals surface area contributed by atoms with Crippen molar-refractivity contribution in [2.75, 3.05) is 20.3 Å². The Bertz CT molecular complexity index is 1740. The number of amides is 1. The fourth-order valence-electron chi connectivity index (χ4n) is 5.63. The lowest BCUT2D eigenvalue weighted by atomic mass is 9.83. The summed E-state index contributed by atoms with van der Waals surface area (Å²) in [6, 6.07) is 28.5. The lowest BCUT2D eigenvalue weighted by molar-refractivity contribution is -0.155. The van der Waals surface area contributed by atoms with Crippen LogP contribution in [0.3, 0.4) is 0 Å². The van der Waals surface area contributed by atoms with Crippen molar-refractivity contribution in [3.63, 3.8) is 0 Å². The number of aliphatic hydroxyl groups is 1. The van der Waals surface area contributed by atoms with Crippen LogP contribution in [-0.2, 0) is 25.6 Å². The number of nitrogens with one attached hydrogen (secondary N) is 2. The lowest BCUT2D eigenvalue weighted by Gasteiger charge is -2.31. The zero-order valence-corrected chi connectivity index (χ0v) is 27.8. The van der Waals surface area contributed by atoms with E-state index in [0.717, 1.165) is 16.3 Å². The second-order valence-electron chi connectivity index (χ2n) is 12.6. The molecule has 4 aromatic rings. The number of hydrogen-bond donors (Lipinski definition) is 3. The van der Waals surface area contributed by atoms with E-state index in [1.54, 1.807) is 58.2 Å². The van der Waals surface area contributed by atoms with Crippen LogP contribution in [-0.4, -0.2) is 54.3 Å². The Balaban J connectivity index is 1.49. The standard InChI is InChI=1S/C38H43N3O7/c1-37(2,3)48-33(43)20-21-38(36(44)41-39-25-29-13-7-11-26-10-5-6-15-32(26)29)34(28-12-8-14-31(24-28)45-4)47-35(40-38)27-16-18-30(19-17-27)46-23-9-22-42/h5-8,10-19,24,34,39,42H,9,20-23,25H2,1-4H3,(H,41,44)/t34-,38-/m0/s1. The molecule has 0 aromatic heterocycles. The molecular formula is C38H43N3O7. The van der Waals surface area contributed by atoms with E-state index in [4.69, 9.17) is 29.0 Å². The van der Waals surface area contributed by atoms with Crippen molar-refractivity contribution in [3.05, 3.63) is 108 Å². The first-order chi connectivity index (χ1) is 23.1. The maximum Gasteiger partial charge on any atom is 0.306 e. The fourth-order valence-corrected chi connectivity index (χ4v) is 5.63. The van der Waals surface area contributed by atoms with Crippen LogP contribution in [0.2, 0.25) is 0 Å². The molecule has 0 aliphatic carbocycles. The van der Waals surface area contributed by atoms with Gasteiger partial charge in [0.1, 0.15) is 17.1 Å². The summed E-state index contributed by atoms with van der Waals surface area (Å²) in [4.78, 5) is 32.5. The second-order valence-corrected chi connectivity index (χ2v) is 12.6. The van der Waals surface area contributed by atoms with Crippen LogP contribution in [0.25, 0.3) is 10.8 Å². The van der Waals surface area contributed by atoms with E-state index in [9.17, 15) is 9.59 Å². The molecule has 2 atom stereocenters. The number of fused-ring (bicyclic) bond motifs is 1. The average Bonchev–Trinajstić information content (AvgIpc) is 3.48. The molecule has 5 rings (SSSR count). The van der Waals surface area contributed by atoms with Gasteiger partial charge in [0.05, 0.1) is 13.7 Å². The van der Waals surface area contributed by atoms with Gasteiger partial charge in [0, 0.05) is 31.6 Å². The molecular weight excluding hydrogens is 610 g/mol. The zero-order chi connectivity index (χ0) is 34.1. The molecule has 4 aromatic carbocycles. The highest BCUT2D eigenvalue weighted by molar-refractivity contribution is 6.01. The first kappa shape index (κ1) is 34.4. The third kappa shape index (κ3) is 8.31. The van der Waals surface area contributed by atoms with E-state index < -0.39 is 29.1 Å². The quantitative estimate of drug-likeness (QED) is 0.0885. The Kier molecular flexibility index (Phi) is 11.0. The summed E-state index contributed by atoms with van der Waals surface area (Å²) >= 11 is 0. The van der Waals surface area contributed by atoms with Crippen molar-refractivity contribution in [2.24, 2.45) is 4.99 Å². The van der Waals surface area contributed by atoms with Crippen LogP contribution in [0.4, 0.5) is 0 Å². The molecule has 1 heterocycles. The number of methoxy groups -OCH3 is 1. The first-order valence-corrected chi connectivity index (χ1v) is 16.1. The Morgan fingerprint density at radius 3 is 2.46 bits per heavy atom. The molecule has 1 amide bonds. The number of nitrogens with zero attached hydrogens (tertiary/aromatic N) is 1. The summed E-state index contributed by atoms with van der Waals surface area (Å²) in [6.45, 7) is 6.18. The van der Waals surface area contributed by atoms with Gasteiger partial charge in [0.25, 0.3) is 5.91 Å². The molecule has 0 spiro atoms. The minimum absolute atomic E-state index is 0.0113. The first-order valence-electron chi connectivity index (χ1n) is 16.1. The van der Waals surface area contributed by atoms with Gasteiger partial charge in [-0.3, -0.25) is 15.0 Å². The molecule has 1 aliphatic heterocycles. The summed E-state index contributed by atoms with van der Waals surface area (Å²) in [5.74, 6) is 0.554. The van der Waals surface area contributed by atoms with Crippen molar-refractivity contribution < 1.29 is 33.6 Å². The highest BCUT2D eigenvalue weighted by Crippen LogP contribution is 2.44. The molecule has 48 heavy (non-hydrogen) atoms. The molecule has 3 N–H and O–H groups in total. The number of benzene rings is 4. The predicted molar refractivity (Wildman–Crippen MR) is 184 cm³/mol. The van der Waals surface area contributed by atoms with Gasteiger partial charge < -0.3 is 24.1 Å². The van der Waals surface area contributed by atoms with Gasteiger partial charge in [-0.15, -0.1) is 0 Å². The average molecular weight is 654 g/mol. The van der Waals surface area contributed by atoms with Crippen molar-refractivity contribution >= 4 is 28.5 Å². The number of esters is 1. The van der Waals surface area contributed by atoms with E-state index in [-0.39, 0.29) is 25.3 Å². The van der Waals surface area contributed by atoms with Gasteiger partial charge in [0.2, 0.25) is 5.90 Å². The molecule has 10 heteroatoms. The topological polar surface area (TPSA) is 128 Å². The maximum absolute atomic E-state index is 14.5. The van der Waals surface area contributed by atoms with E-state index >= 15 is 0 Å². The Labute approximate surface area is 281 Å². The molecule has 0 radical (unpaired) electrons. The molecule has 0 bridgehead atoms. The van der Waals surface area contributed by atoms with Crippen molar-refractivity contribution in [3.8, 4) is 11.5 Å². The minimum atomic E-state index is -1.55. The third-order valence-electron chi connectivity index (χ3n) is 7.92. The summed E-state index contributed by atoms with van der Waals surface area (Å²) in [6.07, 6.45) is -0.447. The molecule has 252 valence electrons. The van der Waals surface area contributed by atoms with E-state index in [1.807, 2.05) is 60.7 Å². The molecule has 0 saturated heterocycles. The highest BCUT2D eigenvalue weighted by atomic mass is 16.6. The van der Waals surface area contributed by atoms with Crippen LogP contribution in [0.5, 0.6) is 11.5 Å². The lowest BCUT2D eigenvalue weighted by Crippen LogP contribution is -2.52. The number of aliphatic imine (C=N–C) groups is 1. The van der Waals surface area contributed by atoms with Gasteiger partial charge in [0.15, 0.2) is 11.6 Å². The predicted octanol–water partition coefficient (Wildman–Crippen LogP) is 5.81. The summed E-state index contributed by atoms with van der Waals surface area (Å²) < 4.78 is 23.4. The molecule has 0 saturated carbocycles. The number of aliphatic hydroxyl groups excluding tert-OH is 1. The summed E-state index contributed by atoms with van der Waals surface area (Å²) in [5, 5.41) is 11.2. The number of rotatable bonds is 14. The van der Waals surface area contributed by atoms with E-state index in [0.29, 0.717) is 42.2 Å².